The summed E-state index contributed by atoms with van der Waals surface area (Å²) in [6.07, 6.45) is 1.81. The molecule has 0 aliphatic carbocycles. The summed E-state index contributed by atoms with van der Waals surface area (Å²) in [5.41, 5.74) is 1.20. The van der Waals surface area contributed by atoms with E-state index in [2.05, 4.69) is 29.4 Å². The minimum Gasteiger partial charge on any atom is -0.467 e. The number of rotatable bonds is 4. The second-order valence-corrected chi connectivity index (χ2v) is 5.31. The van der Waals surface area contributed by atoms with Crippen molar-refractivity contribution in [3.8, 4) is 0 Å². The SMILES string of the molecule is COC(=O)C(Nc1cc2cc(C)ccc2cn1)C(C)C. The number of benzene rings is 1. The molecule has 0 saturated heterocycles. The van der Waals surface area contributed by atoms with Crippen molar-refractivity contribution in [1.82, 2.24) is 4.98 Å². The van der Waals surface area contributed by atoms with Gasteiger partial charge >= 0.3 is 5.97 Å². The van der Waals surface area contributed by atoms with Gasteiger partial charge in [-0.15, -0.1) is 0 Å². The molecule has 0 amide bonds. The third-order valence-electron chi connectivity index (χ3n) is 3.30. The van der Waals surface area contributed by atoms with E-state index in [0.29, 0.717) is 5.82 Å². The summed E-state index contributed by atoms with van der Waals surface area (Å²) in [4.78, 5) is 16.1. The summed E-state index contributed by atoms with van der Waals surface area (Å²) in [5.74, 6) is 0.538. The van der Waals surface area contributed by atoms with Crippen LogP contribution in [0.25, 0.3) is 10.8 Å². The highest BCUT2D eigenvalue weighted by Crippen LogP contribution is 2.20. The fourth-order valence-corrected chi connectivity index (χ4v) is 2.12. The Morgan fingerprint density at radius 1 is 1.25 bits per heavy atom. The third kappa shape index (κ3) is 3.07. The molecular formula is C16H20N2O2. The monoisotopic (exact) mass is 272 g/mol. The number of carbonyl (C=O) groups excluding carboxylic acids is 1. The molecule has 4 nitrogen and oxygen atoms in total. The Bertz CT molecular complexity index is 623. The number of nitrogens with zero attached hydrogens (tertiary/aromatic N) is 1. The van der Waals surface area contributed by atoms with Gasteiger partial charge in [-0.1, -0.05) is 37.6 Å². The molecule has 0 bridgehead atoms. The Balaban J connectivity index is 2.30. The fraction of sp³-hybridized carbons (Fsp3) is 0.375. The first-order valence-corrected chi connectivity index (χ1v) is 6.72. The van der Waals surface area contributed by atoms with E-state index >= 15 is 0 Å². The number of hydrogen-bond acceptors (Lipinski definition) is 4. The minimum atomic E-state index is -0.394. The molecule has 0 spiro atoms. The van der Waals surface area contributed by atoms with Gasteiger partial charge in [0.2, 0.25) is 0 Å². The molecule has 4 heteroatoms. The zero-order valence-corrected chi connectivity index (χ0v) is 12.3. The Morgan fingerprint density at radius 3 is 2.65 bits per heavy atom. The van der Waals surface area contributed by atoms with Gasteiger partial charge in [-0.05, 0) is 24.3 Å². The minimum absolute atomic E-state index is 0.123. The van der Waals surface area contributed by atoms with Crippen molar-refractivity contribution >= 4 is 22.6 Å². The van der Waals surface area contributed by atoms with Gasteiger partial charge in [0.1, 0.15) is 11.9 Å². The van der Waals surface area contributed by atoms with Crippen LogP contribution in [0.3, 0.4) is 0 Å². The molecule has 2 rings (SSSR count). The van der Waals surface area contributed by atoms with Gasteiger partial charge in [-0.25, -0.2) is 9.78 Å². The summed E-state index contributed by atoms with van der Waals surface area (Å²) < 4.78 is 4.82. The predicted octanol–water partition coefficient (Wildman–Crippen LogP) is 3.15. The molecule has 1 heterocycles. The lowest BCUT2D eigenvalue weighted by Gasteiger charge is -2.20. The Kier molecular flexibility index (Phi) is 4.23. The van der Waals surface area contributed by atoms with Crippen molar-refractivity contribution < 1.29 is 9.53 Å². The molecule has 106 valence electrons. The maximum atomic E-state index is 11.8. The first-order chi connectivity index (χ1) is 9.51. The highest BCUT2D eigenvalue weighted by Gasteiger charge is 2.23. The summed E-state index contributed by atoms with van der Waals surface area (Å²) >= 11 is 0. The zero-order valence-electron chi connectivity index (χ0n) is 12.3. The normalized spacial score (nSPS) is 12.4. The molecule has 0 radical (unpaired) electrons. The number of fused-ring (bicyclic) bond motifs is 1. The molecule has 0 aliphatic rings. The number of nitrogens with one attached hydrogen (secondary N) is 1. The lowest BCUT2D eigenvalue weighted by atomic mass is 10.0. The molecular weight excluding hydrogens is 252 g/mol. The lowest BCUT2D eigenvalue weighted by Crippen LogP contribution is -2.35. The molecule has 1 unspecified atom stereocenters. The number of ether oxygens (including phenoxy) is 1. The lowest BCUT2D eigenvalue weighted by molar-refractivity contribution is -0.142. The number of methoxy groups -OCH3 is 1. The third-order valence-corrected chi connectivity index (χ3v) is 3.30. The Morgan fingerprint density at radius 2 is 2.00 bits per heavy atom. The van der Waals surface area contributed by atoms with E-state index in [0.717, 1.165) is 10.8 Å². The number of pyridine rings is 1. The average molecular weight is 272 g/mol. The van der Waals surface area contributed by atoms with Crippen LogP contribution < -0.4 is 5.32 Å². The summed E-state index contributed by atoms with van der Waals surface area (Å²) in [6, 6.07) is 7.77. The van der Waals surface area contributed by atoms with Crippen LogP contribution >= 0.6 is 0 Å². The highest BCUT2D eigenvalue weighted by molar-refractivity contribution is 5.85. The first-order valence-electron chi connectivity index (χ1n) is 6.72. The van der Waals surface area contributed by atoms with Gasteiger partial charge < -0.3 is 10.1 Å². The molecule has 0 saturated carbocycles. The van der Waals surface area contributed by atoms with Crippen LogP contribution in [0.2, 0.25) is 0 Å². The predicted molar refractivity (Wildman–Crippen MR) is 80.7 cm³/mol. The van der Waals surface area contributed by atoms with Crippen molar-refractivity contribution in [2.75, 3.05) is 12.4 Å². The molecule has 20 heavy (non-hydrogen) atoms. The van der Waals surface area contributed by atoms with Gasteiger partial charge in [0.25, 0.3) is 0 Å². The number of aromatic nitrogens is 1. The molecule has 1 aromatic carbocycles. The first kappa shape index (κ1) is 14.3. The fourth-order valence-electron chi connectivity index (χ4n) is 2.12. The molecule has 1 atom stereocenters. The van der Waals surface area contributed by atoms with Gasteiger partial charge in [0.15, 0.2) is 0 Å². The van der Waals surface area contributed by atoms with Crippen LogP contribution in [0.4, 0.5) is 5.82 Å². The van der Waals surface area contributed by atoms with Crippen LogP contribution in [0.1, 0.15) is 19.4 Å². The van der Waals surface area contributed by atoms with E-state index in [1.807, 2.05) is 32.2 Å². The maximum Gasteiger partial charge on any atom is 0.328 e. The Labute approximate surface area is 119 Å². The summed E-state index contributed by atoms with van der Waals surface area (Å²) in [6.45, 7) is 6.00. The zero-order chi connectivity index (χ0) is 14.7. The second kappa shape index (κ2) is 5.90. The number of carbonyl (C=O) groups is 1. The highest BCUT2D eigenvalue weighted by atomic mass is 16.5. The van der Waals surface area contributed by atoms with E-state index in [-0.39, 0.29) is 11.9 Å². The van der Waals surface area contributed by atoms with Crippen molar-refractivity contribution in [2.24, 2.45) is 5.92 Å². The van der Waals surface area contributed by atoms with E-state index in [4.69, 9.17) is 4.74 Å². The van der Waals surface area contributed by atoms with Gasteiger partial charge in [0.05, 0.1) is 7.11 Å². The van der Waals surface area contributed by atoms with Crippen LogP contribution in [0, 0.1) is 12.8 Å². The van der Waals surface area contributed by atoms with E-state index in [1.165, 1.54) is 12.7 Å². The van der Waals surface area contributed by atoms with E-state index in [9.17, 15) is 4.79 Å². The number of anilines is 1. The van der Waals surface area contributed by atoms with Crippen molar-refractivity contribution in [2.45, 2.75) is 26.8 Å². The maximum absolute atomic E-state index is 11.8. The quantitative estimate of drug-likeness (QED) is 0.869. The molecule has 2 aromatic rings. The Hall–Kier alpha value is -2.10. The number of aryl methyl sites for hydroxylation is 1. The second-order valence-electron chi connectivity index (χ2n) is 5.31. The number of esters is 1. The van der Waals surface area contributed by atoms with Crippen LogP contribution in [0.5, 0.6) is 0 Å². The van der Waals surface area contributed by atoms with E-state index in [1.54, 1.807) is 0 Å². The van der Waals surface area contributed by atoms with Crippen molar-refractivity contribution in [3.05, 3.63) is 36.0 Å². The largest absolute Gasteiger partial charge is 0.467 e. The van der Waals surface area contributed by atoms with Gasteiger partial charge in [0, 0.05) is 11.6 Å². The molecule has 1 N–H and O–H groups in total. The van der Waals surface area contributed by atoms with Crippen LogP contribution in [0.15, 0.2) is 30.5 Å². The standard InChI is InChI=1S/C16H20N2O2/c1-10(2)15(16(19)20-4)18-14-8-13-7-11(3)5-6-12(13)9-17-14/h5-10,15H,1-4H3,(H,17,18). The van der Waals surface area contributed by atoms with Crippen molar-refractivity contribution in [3.63, 3.8) is 0 Å². The topological polar surface area (TPSA) is 51.2 Å². The average Bonchev–Trinajstić information content (AvgIpc) is 2.43. The van der Waals surface area contributed by atoms with Gasteiger partial charge in [-0.2, -0.15) is 0 Å². The van der Waals surface area contributed by atoms with Gasteiger partial charge in [-0.3, -0.25) is 0 Å². The van der Waals surface area contributed by atoms with Crippen LogP contribution in [-0.4, -0.2) is 24.1 Å². The molecule has 0 aliphatic heterocycles. The number of hydrogen-bond donors (Lipinski definition) is 1. The summed E-state index contributed by atoms with van der Waals surface area (Å²) in [5, 5.41) is 5.35. The molecule has 1 aromatic heterocycles. The molecule has 0 fully saturated rings. The van der Waals surface area contributed by atoms with Crippen molar-refractivity contribution in [1.29, 1.82) is 0 Å². The summed E-state index contributed by atoms with van der Waals surface area (Å²) in [7, 11) is 1.40. The smallest absolute Gasteiger partial charge is 0.328 e. The van der Waals surface area contributed by atoms with E-state index < -0.39 is 6.04 Å². The van der Waals surface area contributed by atoms with Crippen LogP contribution in [-0.2, 0) is 9.53 Å².